The molecule has 30 heavy (non-hydrogen) atoms. The number of halogens is 3. The van der Waals surface area contributed by atoms with Gasteiger partial charge in [0.2, 0.25) is 5.82 Å². The van der Waals surface area contributed by atoms with Crippen molar-refractivity contribution < 1.29 is 14.5 Å². The van der Waals surface area contributed by atoms with E-state index < -0.39 is 16.5 Å². The van der Waals surface area contributed by atoms with Gasteiger partial charge in [0.15, 0.2) is 0 Å². The van der Waals surface area contributed by atoms with Crippen LogP contribution in [0.25, 0.3) is 0 Å². The van der Waals surface area contributed by atoms with Crippen molar-refractivity contribution in [2.24, 2.45) is 0 Å². The van der Waals surface area contributed by atoms with E-state index in [2.05, 4.69) is 20.8 Å². The lowest BCUT2D eigenvalue weighted by Gasteiger charge is -2.11. The third-order valence-corrected chi connectivity index (χ3v) is 4.76. The Balaban J connectivity index is 1.84. The monoisotopic (exact) mass is 467 g/mol. The molecule has 0 aliphatic heterocycles. The number of nitrogens with one attached hydrogen (secondary N) is 2. The number of hydrogen-bond donors (Lipinski definition) is 2. The quantitative estimate of drug-likeness (QED) is 0.377. The van der Waals surface area contributed by atoms with Crippen LogP contribution in [0.3, 0.4) is 0 Å². The summed E-state index contributed by atoms with van der Waals surface area (Å²) in [6.07, 6.45) is 1.05. The number of nitrogens with zero attached hydrogens (tertiary/aromatic N) is 3. The number of amides is 1. The first-order valence-corrected chi connectivity index (χ1v) is 9.34. The zero-order valence-electron chi connectivity index (χ0n) is 15.1. The molecular weight excluding hydrogens is 457 g/mol. The molecule has 0 spiro atoms. The maximum absolute atomic E-state index is 12.3. The van der Waals surface area contributed by atoms with E-state index in [0.717, 1.165) is 11.9 Å². The molecule has 0 aliphatic rings. The van der Waals surface area contributed by atoms with E-state index in [1.54, 1.807) is 25.1 Å². The fourth-order valence-corrected chi connectivity index (χ4v) is 2.95. The summed E-state index contributed by atoms with van der Waals surface area (Å²) in [6, 6.07) is 9.02. The minimum atomic E-state index is -0.734. The molecule has 0 atom stereocenters. The highest BCUT2D eigenvalue weighted by Gasteiger charge is 2.26. The Kier molecular flexibility index (Phi) is 6.56. The third kappa shape index (κ3) is 4.88. The van der Waals surface area contributed by atoms with E-state index in [9.17, 15) is 14.9 Å². The lowest BCUT2D eigenvalue weighted by atomic mass is 10.2. The van der Waals surface area contributed by atoms with Crippen LogP contribution >= 0.6 is 34.8 Å². The van der Waals surface area contributed by atoms with Gasteiger partial charge in [0, 0.05) is 10.0 Å². The van der Waals surface area contributed by atoms with Gasteiger partial charge in [0.05, 0.1) is 15.5 Å². The lowest BCUT2D eigenvalue weighted by Crippen LogP contribution is -2.30. The Bertz CT molecular complexity index is 1140. The second kappa shape index (κ2) is 9.12. The molecule has 0 aliphatic carbocycles. The largest absolute Gasteiger partial charge is 0.434 e. The normalized spacial score (nSPS) is 10.4. The van der Waals surface area contributed by atoms with Gasteiger partial charge in [0.1, 0.15) is 12.1 Å². The van der Waals surface area contributed by atoms with Crippen molar-refractivity contribution in [3.8, 4) is 11.6 Å². The van der Waals surface area contributed by atoms with Gasteiger partial charge in [-0.3, -0.25) is 25.8 Å². The van der Waals surface area contributed by atoms with Crippen molar-refractivity contribution in [1.82, 2.24) is 15.4 Å². The highest BCUT2D eigenvalue weighted by molar-refractivity contribution is 6.36. The molecule has 0 fully saturated rings. The van der Waals surface area contributed by atoms with Crippen LogP contribution in [0, 0.1) is 17.0 Å². The predicted molar refractivity (Wildman–Crippen MR) is 113 cm³/mol. The Hall–Kier alpha value is -3.14. The van der Waals surface area contributed by atoms with Gasteiger partial charge < -0.3 is 4.74 Å². The summed E-state index contributed by atoms with van der Waals surface area (Å²) in [5.74, 6) is -0.964. The van der Waals surface area contributed by atoms with Gasteiger partial charge in [-0.15, -0.1) is 0 Å². The summed E-state index contributed by atoms with van der Waals surface area (Å²) in [7, 11) is 0. The summed E-state index contributed by atoms with van der Waals surface area (Å²) in [5, 5.41) is 12.6. The Morgan fingerprint density at radius 3 is 2.53 bits per heavy atom. The van der Waals surface area contributed by atoms with Crippen LogP contribution < -0.4 is 15.6 Å². The molecular formula is C18H12Cl3N5O4. The summed E-state index contributed by atoms with van der Waals surface area (Å²) in [6.45, 7) is 1.76. The number of aryl methyl sites for hydroxylation is 1. The number of anilines is 1. The molecule has 12 heteroatoms. The lowest BCUT2D eigenvalue weighted by molar-refractivity contribution is -0.385. The number of ether oxygens (including phenoxy) is 1. The zero-order chi connectivity index (χ0) is 21.8. The molecule has 2 N–H and O–H groups in total. The molecule has 2 aromatic carbocycles. The first-order valence-electron chi connectivity index (χ1n) is 8.21. The van der Waals surface area contributed by atoms with Crippen molar-refractivity contribution in [3.63, 3.8) is 0 Å². The van der Waals surface area contributed by atoms with Crippen molar-refractivity contribution >= 4 is 52.2 Å². The van der Waals surface area contributed by atoms with Crippen LogP contribution in [0.4, 0.5) is 11.5 Å². The summed E-state index contributed by atoms with van der Waals surface area (Å²) >= 11 is 17.8. The summed E-state index contributed by atoms with van der Waals surface area (Å²) < 4.78 is 5.53. The zero-order valence-corrected chi connectivity index (χ0v) is 17.4. The molecule has 0 radical (unpaired) electrons. The van der Waals surface area contributed by atoms with Crippen molar-refractivity contribution in [1.29, 1.82) is 0 Å². The molecule has 1 aromatic heterocycles. The molecule has 154 valence electrons. The first-order chi connectivity index (χ1) is 14.3. The molecule has 0 saturated heterocycles. The Labute approximate surface area is 185 Å². The van der Waals surface area contributed by atoms with Crippen LogP contribution in [0.2, 0.25) is 15.1 Å². The van der Waals surface area contributed by atoms with Gasteiger partial charge in [-0.05, 0) is 48.9 Å². The topological polar surface area (TPSA) is 119 Å². The minimum absolute atomic E-state index is 0.110. The molecule has 3 aromatic rings. The number of nitro groups is 1. The van der Waals surface area contributed by atoms with E-state index in [0.29, 0.717) is 15.8 Å². The first kappa shape index (κ1) is 21.6. The number of aromatic nitrogens is 2. The average molecular weight is 469 g/mol. The number of hydrazine groups is 1. The maximum Gasteiger partial charge on any atom is 0.374 e. The van der Waals surface area contributed by atoms with E-state index in [1.807, 2.05) is 0 Å². The van der Waals surface area contributed by atoms with Crippen LogP contribution in [0.15, 0.2) is 42.7 Å². The Morgan fingerprint density at radius 2 is 1.87 bits per heavy atom. The van der Waals surface area contributed by atoms with E-state index in [4.69, 9.17) is 39.5 Å². The van der Waals surface area contributed by atoms with Gasteiger partial charge in [0.25, 0.3) is 5.91 Å². The molecule has 1 heterocycles. The van der Waals surface area contributed by atoms with E-state index in [-0.39, 0.29) is 22.3 Å². The van der Waals surface area contributed by atoms with Gasteiger partial charge in [-0.25, -0.2) is 4.98 Å². The number of benzene rings is 2. The third-order valence-electron chi connectivity index (χ3n) is 3.79. The predicted octanol–water partition coefficient (Wildman–Crippen LogP) is 5.20. The van der Waals surface area contributed by atoms with Crippen LogP contribution in [-0.4, -0.2) is 20.8 Å². The Morgan fingerprint density at radius 1 is 1.10 bits per heavy atom. The molecule has 1 amide bonds. The van der Waals surface area contributed by atoms with Gasteiger partial charge in [-0.1, -0.05) is 34.8 Å². The fraction of sp³-hybridized carbons (Fsp3) is 0.0556. The molecule has 0 unspecified atom stereocenters. The molecule has 0 saturated carbocycles. The van der Waals surface area contributed by atoms with Crippen LogP contribution in [-0.2, 0) is 0 Å². The molecule has 0 bridgehead atoms. The molecule has 9 nitrogen and oxygen atoms in total. The second-order valence-electron chi connectivity index (χ2n) is 5.85. The maximum atomic E-state index is 12.3. The van der Waals surface area contributed by atoms with Crippen molar-refractivity contribution in [3.05, 3.63) is 79.0 Å². The van der Waals surface area contributed by atoms with Crippen molar-refractivity contribution in [2.75, 3.05) is 5.43 Å². The average Bonchev–Trinajstić information content (AvgIpc) is 2.68. The number of rotatable bonds is 6. The van der Waals surface area contributed by atoms with E-state index in [1.165, 1.54) is 18.2 Å². The number of hydrogen-bond acceptors (Lipinski definition) is 7. The SMILES string of the molecule is Cc1cc(Oc2ncnc(NNC(=O)c3ccc(Cl)cc3Cl)c2[N+](=O)[O-])ccc1Cl. The highest BCUT2D eigenvalue weighted by Crippen LogP contribution is 2.34. The smallest absolute Gasteiger partial charge is 0.374 e. The standard InChI is InChI=1S/C18H12Cl3N5O4/c1-9-6-11(3-5-13(9)20)30-18-15(26(28)29)16(22-8-23-18)24-25-17(27)12-4-2-10(19)7-14(12)21/h2-8H,1H3,(H,25,27)(H,22,23,24). The second-order valence-corrected chi connectivity index (χ2v) is 7.10. The van der Waals surface area contributed by atoms with Crippen LogP contribution in [0.5, 0.6) is 11.6 Å². The highest BCUT2D eigenvalue weighted by atomic mass is 35.5. The number of carbonyl (C=O) groups is 1. The minimum Gasteiger partial charge on any atom is -0.434 e. The van der Waals surface area contributed by atoms with Gasteiger partial charge >= 0.3 is 11.6 Å². The van der Waals surface area contributed by atoms with E-state index >= 15 is 0 Å². The number of carbonyl (C=O) groups excluding carboxylic acids is 1. The summed E-state index contributed by atoms with van der Waals surface area (Å²) in [5.41, 5.74) is 4.94. The van der Waals surface area contributed by atoms with Gasteiger partial charge in [-0.2, -0.15) is 4.98 Å². The van der Waals surface area contributed by atoms with Crippen LogP contribution in [0.1, 0.15) is 15.9 Å². The summed E-state index contributed by atoms with van der Waals surface area (Å²) in [4.78, 5) is 30.8. The fourth-order valence-electron chi connectivity index (χ4n) is 2.34. The molecule has 3 rings (SSSR count). The van der Waals surface area contributed by atoms with Crippen molar-refractivity contribution in [2.45, 2.75) is 6.92 Å².